The minimum absolute atomic E-state index is 0.0917. The summed E-state index contributed by atoms with van der Waals surface area (Å²) < 4.78 is 5.71. The Bertz CT molecular complexity index is 440. The third kappa shape index (κ3) is 3.57. The topological polar surface area (TPSA) is 67.5 Å². The van der Waals surface area contributed by atoms with Crippen LogP contribution in [0.2, 0.25) is 0 Å². The van der Waals surface area contributed by atoms with E-state index >= 15 is 0 Å². The predicted molar refractivity (Wildman–Crippen MR) is 83.1 cm³/mol. The molecule has 1 aromatic carbocycles. The molecule has 0 amide bonds. The Morgan fingerprint density at radius 1 is 1.30 bits per heavy atom. The summed E-state index contributed by atoms with van der Waals surface area (Å²) in [6, 6.07) is 5.74. The van der Waals surface area contributed by atoms with Crippen molar-refractivity contribution in [2.75, 3.05) is 17.7 Å². The van der Waals surface area contributed by atoms with Gasteiger partial charge < -0.3 is 20.9 Å². The van der Waals surface area contributed by atoms with Gasteiger partial charge in [-0.25, -0.2) is 0 Å². The zero-order valence-corrected chi connectivity index (χ0v) is 12.5. The quantitative estimate of drug-likeness (QED) is 0.724. The second-order valence-corrected chi connectivity index (χ2v) is 6.04. The van der Waals surface area contributed by atoms with E-state index in [0.29, 0.717) is 11.4 Å². The number of hydrogen-bond donors (Lipinski definition) is 3. The maximum Gasteiger partial charge on any atom is 0.144 e. The molecule has 112 valence electrons. The maximum absolute atomic E-state index is 9.75. The van der Waals surface area contributed by atoms with Crippen LogP contribution in [0.3, 0.4) is 0 Å². The molecule has 1 fully saturated rings. The molecule has 0 unspecified atom stereocenters. The molecule has 0 aliphatic heterocycles. The van der Waals surface area contributed by atoms with E-state index in [1.165, 1.54) is 6.42 Å². The highest BCUT2D eigenvalue weighted by Crippen LogP contribution is 2.34. The SMILES string of the molecule is CC(C)Oc1cc(NC2(CO)CCCCC2)ccc1N. The lowest BCUT2D eigenvalue weighted by molar-refractivity contribution is 0.173. The number of benzene rings is 1. The molecule has 1 aromatic rings. The number of nitrogen functional groups attached to an aromatic ring is 1. The number of aliphatic hydroxyl groups excluding tert-OH is 1. The summed E-state index contributed by atoms with van der Waals surface area (Å²) in [6.07, 6.45) is 5.69. The van der Waals surface area contributed by atoms with Gasteiger partial charge in [-0.15, -0.1) is 0 Å². The average Bonchev–Trinajstić information content (AvgIpc) is 2.43. The Hall–Kier alpha value is -1.42. The first kappa shape index (κ1) is 15.0. The number of nitrogens with two attached hydrogens (primary N) is 1. The molecule has 0 heterocycles. The predicted octanol–water partition coefficient (Wildman–Crippen LogP) is 3.16. The highest BCUT2D eigenvalue weighted by molar-refractivity contribution is 5.62. The van der Waals surface area contributed by atoms with Crippen LogP contribution in [0.15, 0.2) is 18.2 Å². The normalized spacial score (nSPS) is 18.0. The Morgan fingerprint density at radius 2 is 2.00 bits per heavy atom. The number of hydrogen-bond acceptors (Lipinski definition) is 4. The number of aliphatic hydroxyl groups is 1. The van der Waals surface area contributed by atoms with Gasteiger partial charge in [0.25, 0.3) is 0 Å². The first-order valence-corrected chi connectivity index (χ1v) is 7.50. The van der Waals surface area contributed by atoms with Gasteiger partial charge in [-0.2, -0.15) is 0 Å². The molecular weight excluding hydrogens is 252 g/mol. The summed E-state index contributed by atoms with van der Waals surface area (Å²) >= 11 is 0. The second kappa shape index (κ2) is 6.35. The molecule has 0 spiro atoms. The fourth-order valence-electron chi connectivity index (χ4n) is 2.83. The van der Waals surface area contributed by atoms with Gasteiger partial charge in [0.15, 0.2) is 0 Å². The summed E-state index contributed by atoms with van der Waals surface area (Å²) in [5.74, 6) is 0.703. The molecule has 4 N–H and O–H groups in total. The van der Waals surface area contributed by atoms with Crippen molar-refractivity contribution >= 4 is 11.4 Å². The minimum Gasteiger partial charge on any atom is -0.489 e. The number of anilines is 2. The molecule has 0 saturated heterocycles. The first-order valence-electron chi connectivity index (χ1n) is 7.50. The van der Waals surface area contributed by atoms with Gasteiger partial charge in [0.1, 0.15) is 5.75 Å². The number of ether oxygens (including phenoxy) is 1. The monoisotopic (exact) mass is 278 g/mol. The van der Waals surface area contributed by atoms with Crippen LogP contribution in [-0.4, -0.2) is 23.4 Å². The van der Waals surface area contributed by atoms with E-state index in [0.717, 1.165) is 31.4 Å². The molecule has 4 heteroatoms. The smallest absolute Gasteiger partial charge is 0.144 e. The zero-order valence-electron chi connectivity index (χ0n) is 12.5. The summed E-state index contributed by atoms with van der Waals surface area (Å²) in [5.41, 5.74) is 7.35. The summed E-state index contributed by atoms with van der Waals surface area (Å²) in [7, 11) is 0. The van der Waals surface area contributed by atoms with Crippen molar-refractivity contribution in [3.05, 3.63) is 18.2 Å². The van der Waals surface area contributed by atoms with E-state index < -0.39 is 0 Å². The third-order valence-corrected chi connectivity index (χ3v) is 3.90. The zero-order chi connectivity index (χ0) is 14.6. The fraction of sp³-hybridized carbons (Fsp3) is 0.625. The Kier molecular flexibility index (Phi) is 4.76. The van der Waals surface area contributed by atoms with E-state index in [2.05, 4.69) is 5.32 Å². The van der Waals surface area contributed by atoms with Crippen molar-refractivity contribution in [1.82, 2.24) is 0 Å². The van der Waals surface area contributed by atoms with Crippen LogP contribution in [0, 0.1) is 0 Å². The number of nitrogens with one attached hydrogen (secondary N) is 1. The molecule has 0 radical (unpaired) electrons. The van der Waals surface area contributed by atoms with Gasteiger partial charge in [0, 0.05) is 11.8 Å². The van der Waals surface area contributed by atoms with Gasteiger partial charge in [-0.3, -0.25) is 0 Å². The van der Waals surface area contributed by atoms with Gasteiger partial charge in [-0.05, 0) is 38.8 Å². The van der Waals surface area contributed by atoms with Crippen molar-refractivity contribution < 1.29 is 9.84 Å². The molecule has 0 atom stereocenters. The molecule has 1 aliphatic carbocycles. The molecule has 1 saturated carbocycles. The van der Waals surface area contributed by atoms with Crippen molar-refractivity contribution in [2.45, 2.75) is 57.6 Å². The van der Waals surface area contributed by atoms with E-state index in [1.807, 2.05) is 32.0 Å². The molecule has 2 rings (SSSR count). The van der Waals surface area contributed by atoms with E-state index in [-0.39, 0.29) is 18.2 Å². The van der Waals surface area contributed by atoms with Crippen LogP contribution < -0.4 is 15.8 Å². The lowest BCUT2D eigenvalue weighted by Gasteiger charge is -2.37. The molecular formula is C16H26N2O2. The second-order valence-electron chi connectivity index (χ2n) is 6.04. The lowest BCUT2D eigenvalue weighted by atomic mass is 9.82. The van der Waals surface area contributed by atoms with Crippen LogP contribution in [0.25, 0.3) is 0 Å². The third-order valence-electron chi connectivity index (χ3n) is 3.90. The van der Waals surface area contributed by atoms with Gasteiger partial charge in [0.05, 0.1) is 23.9 Å². The van der Waals surface area contributed by atoms with Gasteiger partial charge in [0.2, 0.25) is 0 Å². The maximum atomic E-state index is 9.75. The standard InChI is InChI=1S/C16H26N2O2/c1-12(2)20-15-10-13(6-7-14(15)17)18-16(11-19)8-4-3-5-9-16/h6-7,10,12,18-19H,3-5,8-9,11,17H2,1-2H3. The molecule has 1 aliphatic rings. The Labute approximate surface area is 121 Å². The average molecular weight is 278 g/mol. The van der Waals surface area contributed by atoms with Crippen LogP contribution in [-0.2, 0) is 0 Å². The minimum atomic E-state index is -0.191. The fourth-order valence-corrected chi connectivity index (χ4v) is 2.83. The number of rotatable bonds is 5. The highest BCUT2D eigenvalue weighted by Gasteiger charge is 2.31. The largest absolute Gasteiger partial charge is 0.489 e. The van der Waals surface area contributed by atoms with Crippen molar-refractivity contribution in [1.29, 1.82) is 0 Å². The van der Waals surface area contributed by atoms with Crippen LogP contribution in [0.4, 0.5) is 11.4 Å². The van der Waals surface area contributed by atoms with Gasteiger partial charge >= 0.3 is 0 Å². The van der Waals surface area contributed by atoms with Gasteiger partial charge in [-0.1, -0.05) is 19.3 Å². The molecule has 0 bridgehead atoms. The summed E-state index contributed by atoms with van der Waals surface area (Å²) in [6.45, 7) is 4.13. The first-order chi connectivity index (χ1) is 9.54. The van der Waals surface area contributed by atoms with E-state index in [4.69, 9.17) is 10.5 Å². The summed E-state index contributed by atoms with van der Waals surface area (Å²) in [5, 5.41) is 13.3. The molecule has 0 aromatic heterocycles. The van der Waals surface area contributed by atoms with Crippen LogP contribution in [0.5, 0.6) is 5.75 Å². The molecule has 20 heavy (non-hydrogen) atoms. The van der Waals surface area contributed by atoms with E-state index in [1.54, 1.807) is 0 Å². The summed E-state index contributed by atoms with van der Waals surface area (Å²) in [4.78, 5) is 0. The van der Waals surface area contributed by atoms with Crippen molar-refractivity contribution in [2.24, 2.45) is 0 Å². The molecule has 4 nitrogen and oxygen atoms in total. The lowest BCUT2D eigenvalue weighted by Crippen LogP contribution is -2.43. The van der Waals surface area contributed by atoms with Crippen molar-refractivity contribution in [3.63, 3.8) is 0 Å². The Morgan fingerprint density at radius 3 is 2.60 bits per heavy atom. The Balaban J connectivity index is 2.15. The van der Waals surface area contributed by atoms with Crippen LogP contribution in [0.1, 0.15) is 46.0 Å². The van der Waals surface area contributed by atoms with Crippen LogP contribution >= 0.6 is 0 Å². The van der Waals surface area contributed by atoms with E-state index in [9.17, 15) is 5.11 Å². The van der Waals surface area contributed by atoms with Crippen molar-refractivity contribution in [3.8, 4) is 5.75 Å². The highest BCUT2D eigenvalue weighted by atomic mass is 16.5.